The molecule has 0 amide bonds. The third kappa shape index (κ3) is 3.86. The summed E-state index contributed by atoms with van der Waals surface area (Å²) in [5.41, 5.74) is -0.392. The molecule has 8 nitrogen and oxygen atoms in total. The summed E-state index contributed by atoms with van der Waals surface area (Å²) in [5, 5.41) is 20.7. The number of hydrogen-bond donors (Lipinski definition) is 1. The van der Waals surface area contributed by atoms with Gasteiger partial charge in [-0.2, -0.15) is 5.26 Å². The molecule has 0 saturated carbocycles. The zero-order valence-corrected chi connectivity index (χ0v) is 17.7. The zero-order chi connectivity index (χ0) is 22.8. The van der Waals surface area contributed by atoms with Crippen molar-refractivity contribution < 1.29 is 24.1 Å². The largest absolute Gasteiger partial charge is 0.494 e. The van der Waals surface area contributed by atoms with Crippen molar-refractivity contribution in [2.24, 2.45) is 0 Å². The molecule has 2 heterocycles. The average molecular weight is 453 g/mol. The number of pyridine rings is 1. The highest BCUT2D eigenvalue weighted by atomic mass is 35.5. The molecular weight excluding hydrogens is 436 g/mol. The second-order valence-electron chi connectivity index (χ2n) is 7.03. The number of ketones is 1. The maximum Gasteiger partial charge on any atom is 0.271 e. The Balaban J connectivity index is 1.70. The van der Waals surface area contributed by atoms with Crippen LogP contribution in [-0.4, -0.2) is 28.9 Å². The van der Waals surface area contributed by atoms with E-state index in [4.69, 9.17) is 25.8 Å². The Morgan fingerprint density at radius 3 is 2.75 bits per heavy atom. The Morgan fingerprint density at radius 1 is 1.25 bits per heavy atom. The number of benzene rings is 2. The van der Waals surface area contributed by atoms with Gasteiger partial charge in [0.15, 0.2) is 18.1 Å². The monoisotopic (exact) mass is 452 g/mol. The number of Topliss-reactive ketones (excluding diaryl/α,β-unsaturated/α-hetero) is 1. The molecule has 162 valence electrons. The van der Waals surface area contributed by atoms with E-state index in [1.165, 1.54) is 6.92 Å². The van der Waals surface area contributed by atoms with Crippen molar-refractivity contribution in [1.29, 1.82) is 5.26 Å². The van der Waals surface area contributed by atoms with Crippen LogP contribution in [0.3, 0.4) is 0 Å². The van der Waals surface area contributed by atoms with Crippen LogP contribution in [0, 0.1) is 18.3 Å². The maximum atomic E-state index is 12.9. The number of nitrogens with zero attached hydrogens (tertiary/aromatic N) is 2. The van der Waals surface area contributed by atoms with Crippen LogP contribution in [-0.2, 0) is 6.54 Å². The van der Waals surface area contributed by atoms with Crippen molar-refractivity contribution in [3.8, 4) is 29.2 Å². The van der Waals surface area contributed by atoms with E-state index in [2.05, 4.69) is 0 Å². The van der Waals surface area contributed by atoms with Gasteiger partial charge >= 0.3 is 0 Å². The first-order valence-electron chi connectivity index (χ1n) is 9.56. The quantitative estimate of drug-likeness (QED) is 0.570. The molecule has 0 fully saturated rings. The summed E-state index contributed by atoms with van der Waals surface area (Å²) in [5.74, 6) is 0.230. The van der Waals surface area contributed by atoms with E-state index < -0.39 is 23.8 Å². The van der Waals surface area contributed by atoms with E-state index in [1.54, 1.807) is 42.5 Å². The van der Waals surface area contributed by atoms with Gasteiger partial charge in [0.05, 0.1) is 17.1 Å². The van der Waals surface area contributed by atoms with Crippen molar-refractivity contribution in [2.45, 2.75) is 13.5 Å². The normalized spacial score (nSPS) is 11.8. The number of para-hydroxylation sites is 1. The summed E-state index contributed by atoms with van der Waals surface area (Å²) >= 11 is 6.05. The molecule has 9 heteroatoms. The third-order valence-corrected chi connectivity index (χ3v) is 5.36. The van der Waals surface area contributed by atoms with E-state index in [1.807, 2.05) is 6.07 Å². The number of nitriles is 1. The number of hydrogen-bond acceptors (Lipinski definition) is 7. The number of carbonyl (C=O) groups is 1. The number of fused-ring (bicyclic) bond motifs is 1. The molecule has 0 unspecified atom stereocenters. The van der Waals surface area contributed by atoms with Crippen molar-refractivity contribution in [3.63, 3.8) is 0 Å². The van der Waals surface area contributed by atoms with E-state index in [9.17, 15) is 20.0 Å². The van der Waals surface area contributed by atoms with Crippen LogP contribution in [0.5, 0.6) is 23.1 Å². The SMILES string of the molecule is Cc1c(C(=O)COc2ccccc2Cl)c(O)n(Cc2ccc3c(c2)OCO3)c(=O)c1C#N. The second-order valence-corrected chi connectivity index (χ2v) is 7.44. The van der Waals surface area contributed by atoms with Gasteiger partial charge in [0.1, 0.15) is 17.4 Å². The van der Waals surface area contributed by atoms with Crippen LogP contribution < -0.4 is 19.8 Å². The van der Waals surface area contributed by atoms with E-state index in [0.717, 1.165) is 4.57 Å². The Labute approximate surface area is 187 Å². The van der Waals surface area contributed by atoms with Gasteiger partial charge < -0.3 is 19.3 Å². The van der Waals surface area contributed by atoms with Gasteiger partial charge in [-0.15, -0.1) is 0 Å². The Morgan fingerprint density at radius 2 is 2.00 bits per heavy atom. The Kier molecular flexibility index (Phi) is 5.75. The number of rotatable bonds is 6. The lowest BCUT2D eigenvalue weighted by Crippen LogP contribution is -2.28. The summed E-state index contributed by atoms with van der Waals surface area (Å²) in [4.78, 5) is 25.8. The van der Waals surface area contributed by atoms with E-state index in [0.29, 0.717) is 27.8 Å². The molecule has 1 N–H and O–H groups in total. The highest BCUT2D eigenvalue weighted by molar-refractivity contribution is 6.32. The van der Waals surface area contributed by atoms with E-state index >= 15 is 0 Å². The first-order chi connectivity index (χ1) is 15.4. The van der Waals surface area contributed by atoms with Gasteiger partial charge in [0, 0.05) is 0 Å². The van der Waals surface area contributed by atoms with Gasteiger partial charge in [-0.25, -0.2) is 0 Å². The topological polar surface area (TPSA) is 111 Å². The summed E-state index contributed by atoms with van der Waals surface area (Å²) < 4.78 is 17.1. The fourth-order valence-electron chi connectivity index (χ4n) is 3.43. The molecule has 0 spiro atoms. The van der Waals surface area contributed by atoms with Crippen molar-refractivity contribution >= 4 is 17.4 Å². The fourth-order valence-corrected chi connectivity index (χ4v) is 3.62. The number of carbonyl (C=O) groups excluding carboxylic acids is 1. The van der Waals surface area contributed by atoms with Crippen LogP contribution >= 0.6 is 11.6 Å². The van der Waals surface area contributed by atoms with Gasteiger partial charge in [-0.1, -0.05) is 29.8 Å². The molecule has 4 rings (SSSR count). The van der Waals surface area contributed by atoms with Gasteiger partial charge in [0.2, 0.25) is 18.5 Å². The lowest BCUT2D eigenvalue weighted by atomic mass is 10.0. The second kappa shape index (κ2) is 8.65. The highest BCUT2D eigenvalue weighted by Crippen LogP contribution is 2.33. The van der Waals surface area contributed by atoms with Crippen LogP contribution in [0.2, 0.25) is 5.02 Å². The first kappa shape index (κ1) is 21.3. The van der Waals surface area contributed by atoms with Crippen molar-refractivity contribution in [1.82, 2.24) is 4.57 Å². The van der Waals surface area contributed by atoms with Crippen LogP contribution in [0.4, 0.5) is 0 Å². The molecule has 0 bridgehead atoms. The summed E-state index contributed by atoms with van der Waals surface area (Å²) in [6, 6.07) is 13.5. The molecule has 2 aromatic carbocycles. The molecule has 1 aliphatic heterocycles. The molecular formula is C23H17ClN2O6. The molecule has 3 aromatic rings. The van der Waals surface area contributed by atoms with Crippen molar-refractivity contribution in [2.75, 3.05) is 13.4 Å². The average Bonchev–Trinajstić information content (AvgIpc) is 3.24. The minimum atomic E-state index is -0.705. The van der Waals surface area contributed by atoms with Crippen LogP contribution in [0.1, 0.15) is 27.0 Å². The molecule has 0 radical (unpaired) electrons. The summed E-state index contributed by atoms with van der Waals surface area (Å²) in [7, 11) is 0. The Bertz CT molecular complexity index is 1330. The van der Waals surface area contributed by atoms with Gasteiger partial charge in [-0.3, -0.25) is 14.2 Å². The fraction of sp³-hybridized carbons (Fsp3) is 0.174. The first-order valence-corrected chi connectivity index (χ1v) is 9.94. The van der Waals surface area contributed by atoms with Crippen LogP contribution in [0.25, 0.3) is 0 Å². The van der Waals surface area contributed by atoms with Gasteiger partial charge in [0.25, 0.3) is 5.56 Å². The van der Waals surface area contributed by atoms with Crippen molar-refractivity contribution in [3.05, 3.63) is 80.1 Å². The molecule has 0 saturated heterocycles. The standard InChI is InChI=1S/C23H17ClN2O6/c1-13-15(9-25)22(28)26(10-14-6-7-19-20(8-14)32-12-31-19)23(29)21(13)17(27)11-30-18-5-3-2-4-16(18)24/h2-8,29H,10-12H2,1H3. The Hall–Kier alpha value is -3.96. The maximum absolute atomic E-state index is 12.9. The third-order valence-electron chi connectivity index (χ3n) is 5.05. The molecule has 32 heavy (non-hydrogen) atoms. The number of halogens is 1. The minimum Gasteiger partial charge on any atom is -0.494 e. The number of aromatic nitrogens is 1. The number of ether oxygens (including phenoxy) is 3. The zero-order valence-electron chi connectivity index (χ0n) is 16.9. The molecule has 0 atom stereocenters. The predicted molar refractivity (Wildman–Crippen MR) is 115 cm³/mol. The summed E-state index contributed by atoms with van der Waals surface area (Å²) in [6.07, 6.45) is 0. The van der Waals surface area contributed by atoms with E-state index in [-0.39, 0.29) is 30.0 Å². The minimum absolute atomic E-state index is 0.0814. The highest BCUT2D eigenvalue weighted by Gasteiger charge is 2.25. The smallest absolute Gasteiger partial charge is 0.271 e. The molecule has 1 aliphatic rings. The molecule has 1 aromatic heterocycles. The van der Waals surface area contributed by atoms with Gasteiger partial charge in [-0.05, 0) is 42.3 Å². The lowest BCUT2D eigenvalue weighted by Gasteiger charge is -2.16. The molecule has 0 aliphatic carbocycles. The van der Waals surface area contributed by atoms with Crippen LogP contribution in [0.15, 0.2) is 47.3 Å². The predicted octanol–water partition coefficient (Wildman–Crippen LogP) is 3.43. The summed E-state index contributed by atoms with van der Waals surface area (Å²) in [6.45, 7) is 1.01. The lowest BCUT2D eigenvalue weighted by molar-refractivity contribution is 0.0916. The number of aromatic hydroxyl groups is 1.